The van der Waals surface area contributed by atoms with Crippen molar-refractivity contribution in [1.82, 2.24) is 4.98 Å². The second-order valence-electron chi connectivity index (χ2n) is 4.82. The van der Waals surface area contributed by atoms with E-state index in [1.54, 1.807) is 0 Å². The summed E-state index contributed by atoms with van der Waals surface area (Å²) in [6, 6.07) is 2.83. The zero-order valence-electron chi connectivity index (χ0n) is 10.8. The summed E-state index contributed by atoms with van der Waals surface area (Å²) in [6.45, 7) is 0. The van der Waals surface area contributed by atoms with Crippen LogP contribution in [0.1, 0.15) is 49.9 Å². The van der Waals surface area contributed by atoms with Crippen LogP contribution in [-0.4, -0.2) is 16.4 Å². The molecule has 0 spiro atoms. The molecule has 1 aliphatic rings. The summed E-state index contributed by atoms with van der Waals surface area (Å²) < 4.78 is 13.3. The van der Waals surface area contributed by atoms with E-state index in [9.17, 15) is 4.39 Å². The Kier molecular flexibility index (Phi) is 4.91. The lowest BCUT2D eigenvalue weighted by molar-refractivity contribution is 0.321. The zero-order chi connectivity index (χ0) is 13.5. The highest BCUT2D eigenvalue weighted by Gasteiger charge is 2.11. The van der Waals surface area contributed by atoms with Gasteiger partial charge in [-0.15, -0.1) is 0 Å². The number of pyridine rings is 1. The summed E-state index contributed by atoms with van der Waals surface area (Å²) in [5, 5.41) is 11.2. The molecule has 1 N–H and O–H groups in total. The van der Waals surface area contributed by atoms with Crippen LogP contribution in [0.25, 0.3) is 0 Å². The van der Waals surface area contributed by atoms with Crippen molar-refractivity contribution in [3.05, 3.63) is 29.3 Å². The third-order valence-corrected chi connectivity index (χ3v) is 3.39. The molecule has 0 radical (unpaired) electrons. The van der Waals surface area contributed by atoms with E-state index in [-0.39, 0.29) is 5.69 Å². The Morgan fingerprint density at radius 2 is 2.16 bits per heavy atom. The summed E-state index contributed by atoms with van der Waals surface area (Å²) in [4.78, 5) is 3.99. The fraction of sp³-hybridized carbons (Fsp3) is 0.467. The average molecular weight is 260 g/mol. The molecule has 19 heavy (non-hydrogen) atoms. The Labute approximate surface area is 112 Å². The first kappa shape index (κ1) is 13.5. The van der Waals surface area contributed by atoms with Gasteiger partial charge in [0.25, 0.3) is 0 Å². The highest BCUT2D eigenvalue weighted by atomic mass is 19.1. The van der Waals surface area contributed by atoms with Crippen molar-refractivity contribution < 1.29 is 9.60 Å². The van der Waals surface area contributed by atoms with Gasteiger partial charge in [0.1, 0.15) is 11.4 Å². The molecule has 0 bridgehead atoms. The number of hydrogen-bond acceptors (Lipinski definition) is 3. The fourth-order valence-electron chi connectivity index (χ4n) is 2.35. The number of hydrogen-bond donors (Lipinski definition) is 1. The normalized spacial score (nSPS) is 16.3. The molecule has 0 atom stereocenters. The van der Waals surface area contributed by atoms with Crippen molar-refractivity contribution in [2.75, 3.05) is 0 Å². The first-order valence-corrected chi connectivity index (χ1v) is 6.62. The van der Waals surface area contributed by atoms with Gasteiger partial charge in [0, 0.05) is 6.42 Å². The number of halogens is 1. The van der Waals surface area contributed by atoms with Crippen LogP contribution in [0.5, 0.6) is 0 Å². The second-order valence-corrected chi connectivity index (χ2v) is 4.82. The van der Waals surface area contributed by atoms with Crippen LogP contribution >= 0.6 is 0 Å². The van der Waals surface area contributed by atoms with Crippen LogP contribution in [0.2, 0.25) is 0 Å². The van der Waals surface area contributed by atoms with Gasteiger partial charge in [0.15, 0.2) is 5.82 Å². The van der Waals surface area contributed by atoms with Crippen LogP contribution in [-0.2, 0) is 0 Å². The largest absolute Gasteiger partial charge is 0.411 e. The van der Waals surface area contributed by atoms with Gasteiger partial charge in [-0.3, -0.25) is 0 Å². The van der Waals surface area contributed by atoms with Gasteiger partial charge in [0.05, 0.1) is 6.21 Å². The van der Waals surface area contributed by atoms with Crippen LogP contribution in [0, 0.1) is 23.6 Å². The lowest BCUT2D eigenvalue weighted by Gasteiger charge is -2.18. The second kappa shape index (κ2) is 6.89. The molecule has 1 aliphatic carbocycles. The van der Waals surface area contributed by atoms with Crippen LogP contribution in [0.15, 0.2) is 17.3 Å². The van der Waals surface area contributed by atoms with E-state index in [2.05, 4.69) is 22.0 Å². The lowest BCUT2D eigenvalue weighted by atomic mass is 9.87. The van der Waals surface area contributed by atoms with Gasteiger partial charge in [-0.25, -0.2) is 9.37 Å². The Morgan fingerprint density at radius 3 is 2.89 bits per heavy atom. The molecule has 1 saturated carbocycles. The topological polar surface area (TPSA) is 45.5 Å². The van der Waals surface area contributed by atoms with E-state index in [0.717, 1.165) is 12.6 Å². The third-order valence-electron chi connectivity index (χ3n) is 3.39. The van der Waals surface area contributed by atoms with Crippen LogP contribution in [0.3, 0.4) is 0 Å². The number of aromatic nitrogens is 1. The van der Waals surface area contributed by atoms with E-state index >= 15 is 0 Å². The molecule has 0 aliphatic heterocycles. The summed E-state index contributed by atoms with van der Waals surface area (Å²) in [5.74, 6) is 6.24. The van der Waals surface area contributed by atoms with E-state index in [0.29, 0.717) is 11.6 Å². The maximum absolute atomic E-state index is 13.3. The van der Waals surface area contributed by atoms with Crippen LogP contribution in [0.4, 0.5) is 4.39 Å². The molecular formula is C15H17FN2O. The monoisotopic (exact) mass is 260 g/mol. The van der Waals surface area contributed by atoms with Crippen molar-refractivity contribution in [2.24, 2.45) is 11.1 Å². The minimum atomic E-state index is -0.518. The molecule has 1 aromatic heterocycles. The van der Waals surface area contributed by atoms with Gasteiger partial charge in [-0.2, -0.15) is 0 Å². The van der Waals surface area contributed by atoms with E-state index in [1.165, 1.54) is 44.2 Å². The maximum atomic E-state index is 13.3. The Balaban J connectivity index is 2.00. The predicted octanol–water partition coefficient (Wildman–Crippen LogP) is 3.35. The molecule has 3 nitrogen and oxygen atoms in total. The molecule has 0 unspecified atom stereocenters. The molecule has 2 rings (SSSR count). The van der Waals surface area contributed by atoms with E-state index in [4.69, 9.17) is 5.21 Å². The molecule has 100 valence electrons. The minimum Gasteiger partial charge on any atom is -0.411 e. The molecular weight excluding hydrogens is 243 g/mol. The molecule has 0 aromatic carbocycles. The van der Waals surface area contributed by atoms with E-state index in [1.807, 2.05) is 0 Å². The predicted molar refractivity (Wildman–Crippen MR) is 71.6 cm³/mol. The number of rotatable bonds is 2. The van der Waals surface area contributed by atoms with Gasteiger partial charge < -0.3 is 5.21 Å². The van der Waals surface area contributed by atoms with Crippen molar-refractivity contribution in [2.45, 2.75) is 38.5 Å². The Hall–Kier alpha value is -1.89. The third kappa shape index (κ3) is 4.06. The van der Waals surface area contributed by atoms with Gasteiger partial charge in [-0.05, 0) is 36.8 Å². The highest BCUT2D eigenvalue weighted by molar-refractivity contribution is 5.76. The van der Waals surface area contributed by atoms with Gasteiger partial charge >= 0.3 is 0 Å². The summed E-state index contributed by atoms with van der Waals surface area (Å²) in [7, 11) is 0. The first-order valence-electron chi connectivity index (χ1n) is 6.62. The van der Waals surface area contributed by atoms with Crippen molar-refractivity contribution in [1.29, 1.82) is 0 Å². The summed E-state index contributed by atoms with van der Waals surface area (Å²) in [5.41, 5.74) is 0.513. The first-order chi connectivity index (χ1) is 9.29. The standard InChI is InChI=1S/C15H17FN2O/c16-14-10-9-13(18-15(14)11-17-19)8-4-7-12-5-2-1-3-6-12/h9-12,19H,1-3,5-7H2/b17-11+. The summed E-state index contributed by atoms with van der Waals surface area (Å²) >= 11 is 0. The fourth-order valence-corrected chi connectivity index (χ4v) is 2.35. The smallest absolute Gasteiger partial charge is 0.150 e. The lowest BCUT2D eigenvalue weighted by Crippen LogP contribution is -2.04. The Morgan fingerprint density at radius 1 is 1.37 bits per heavy atom. The molecule has 4 heteroatoms. The van der Waals surface area contributed by atoms with Gasteiger partial charge in [0.2, 0.25) is 0 Å². The van der Waals surface area contributed by atoms with Gasteiger partial charge in [-0.1, -0.05) is 30.3 Å². The molecule has 0 saturated heterocycles. The minimum absolute atomic E-state index is 0.00645. The van der Waals surface area contributed by atoms with Crippen molar-refractivity contribution >= 4 is 6.21 Å². The zero-order valence-corrected chi connectivity index (χ0v) is 10.8. The van der Waals surface area contributed by atoms with Crippen molar-refractivity contribution in [3.63, 3.8) is 0 Å². The average Bonchev–Trinajstić information content (AvgIpc) is 2.44. The van der Waals surface area contributed by atoms with E-state index < -0.39 is 5.82 Å². The van der Waals surface area contributed by atoms with Crippen molar-refractivity contribution in [3.8, 4) is 11.8 Å². The number of nitrogens with zero attached hydrogens (tertiary/aromatic N) is 2. The summed E-state index contributed by atoms with van der Waals surface area (Å²) in [6.07, 6.45) is 8.32. The van der Waals surface area contributed by atoms with Crippen LogP contribution < -0.4 is 0 Å². The maximum Gasteiger partial charge on any atom is 0.150 e. The number of oxime groups is 1. The molecule has 1 heterocycles. The molecule has 1 aromatic rings. The molecule has 1 fully saturated rings. The highest BCUT2D eigenvalue weighted by Crippen LogP contribution is 2.25. The SMILES string of the molecule is O/N=C/c1nc(C#CCC2CCCCC2)ccc1F. The quantitative estimate of drug-likeness (QED) is 0.383. The molecule has 0 amide bonds. The Bertz CT molecular complexity index is 511.